The van der Waals surface area contributed by atoms with Gasteiger partial charge in [0.2, 0.25) is 5.91 Å². The van der Waals surface area contributed by atoms with Crippen LogP contribution >= 0.6 is 11.6 Å². The zero-order chi connectivity index (χ0) is 23.0. The normalized spacial score (nSPS) is 10.6. The van der Waals surface area contributed by atoms with Crippen LogP contribution in [0.1, 0.15) is 11.1 Å². The van der Waals surface area contributed by atoms with Crippen LogP contribution in [0, 0.1) is 0 Å². The highest BCUT2D eigenvalue weighted by molar-refractivity contribution is 6.34. The maximum Gasteiger partial charge on any atom is 0.272 e. The molecule has 0 saturated carbocycles. The van der Waals surface area contributed by atoms with E-state index in [0.29, 0.717) is 27.4 Å². The first-order valence-corrected chi connectivity index (χ1v) is 10.4. The molecule has 170 valence electrons. The summed E-state index contributed by atoms with van der Waals surface area (Å²) in [6.07, 6.45) is 0.217. The van der Waals surface area contributed by atoms with E-state index >= 15 is 0 Å². The molecule has 6 nitrogen and oxygen atoms in total. The van der Waals surface area contributed by atoms with Gasteiger partial charge in [0.05, 0.1) is 22.7 Å². The van der Waals surface area contributed by atoms with Crippen LogP contribution in [-0.2, 0) is 11.2 Å². The molecule has 4 aromatic rings. The largest absolute Gasteiger partial charge is 1.00 e. The topological polar surface area (TPSA) is 108 Å². The van der Waals surface area contributed by atoms with Gasteiger partial charge < -0.3 is 27.4 Å². The molecule has 0 bridgehead atoms. The van der Waals surface area contributed by atoms with Crippen molar-refractivity contribution in [1.29, 1.82) is 0 Å². The zero-order valence-corrected chi connectivity index (χ0v) is 19.7. The summed E-state index contributed by atoms with van der Waals surface area (Å²) in [7, 11) is 3.45. The first-order valence-electron chi connectivity index (χ1n) is 10.1. The number of carbonyl (C=O) groups is 1. The fraction of sp³-hybridized carbons (Fsp3) is 0.120. The van der Waals surface area contributed by atoms with E-state index in [1.165, 1.54) is 0 Å². The Kier molecular flexibility index (Phi) is 7.01. The molecule has 1 amide bonds. The average molecular weight is 483 g/mol. The molecule has 4 rings (SSSR count). The Balaban J connectivity index is 0.00000306. The average Bonchev–Trinajstić information content (AvgIpc) is 3.17. The van der Waals surface area contributed by atoms with Crippen molar-refractivity contribution in [3.8, 4) is 28.1 Å². The van der Waals surface area contributed by atoms with E-state index in [1.807, 2.05) is 54.6 Å². The van der Waals surface area contributed by atoms with Gasteiger partial charge in [-0.1, -0.05) is 41.9 Å². The van der Waals surface area contributed by atoms with E-state index in [2.05, 4.69) is 4.98 Å². The number of fused-ring (bicyclic) bond motifs is 1. The summed E-state index contributed by atoms with van der Waals surface area (Å²) >= 11 is 6.31. The number of carbonyl (C=O) groups excluding carboxylic acids is 1. The maximum atomic E-state index is 12.4. The number of likely N-dealkylation sites (N-methyl/N-ethyl adjacent to an activating group) is 1. The standard InChI is InChI=1S/C25H23ClN4O2.ClH/c1-30(2)23(31)10-14-8-17(15-6-4-3-5-7-15)24(32)19(9-14)22-12-16-11-18(25(27)28)20(26)13-21(16)29-22;/h3-9,11-13,29,32H,10H2,1-2H3,(H3,27,28);1H. The third kappa shape index (κ3) is 4.82. The molecule has 0 radical (unpaired) electrons. The van der Waals surface area contributed by atoms with Crippen LogP contribution in [0.5, 0.6) is 5.75 Å². The second kappa shape index (κ2) is 9.57. The number of nitrogens with two attached hydrogens (primary N) is 2. The molecule has 1 aromatic heterocycles. The summed E-state index contributed by atoms with van der Waals surface area (Å²) in [5.41, 5.74) is 10.7. The molecule has 0 aliphatic rings. The van der Waals surface area contributed by atoms with Crippen molar-refractivity contribution in [2.45, 2.75) is 6.42 Å². The van der Waals surface area contributed by atoms with Crippen LogP contribution in [0.15, 0.2) is 60.7 Å². The number of amidine groups is 1. The molecule has 0 atom stereocenters. The summed E-state index contributed by atoms with van der Waals surface area (Å²) in [5.74, 6) is 0.237. The molecule has 8 heteroatoms. The fourth-order valence-electron chi connectivity index (χ4n) is 3.69. The van der Waals surface area contributed by atoms with Gasteiger partial charge in [0.15, 0.2) is 0 Å². The molecule has 0 fully saturated rings. The number of aromatic nitrogens is 1. The molecule has 33 heavy (non-hydrogen) atoms. The lowest BCUT2D eigenvalue weighted by molar-refractivity contribution is -0.128. The van der Waals surface area contributed by atoms with Crippen LogP contribution in [0.4, 0.5) is 0 Å². The number of benzene rings is 3. The van der Waals surface area contributed by atoms with Gasteiger partial charge >= 0.3 is 0 Å². The van der Waals surface area contributed by atoms with E-state index in [4.69, 9.17) is 22.7 Å². The Morgan fingerprint density at radius 1 is 1.09 bits per heavy atom. The molecule has 0 spiro atoms. The lowest BCUT2D eigenvalue weighted by Crippen LogP contribution is -3.00. The number of aromatic hydroxyl groups is 1. The van der Waals surface area contributed by atoms with Crippen molar-refractivity contribution in [3.05, 3.63) is 76.8 Å². The van der Waals surface area contributed by atoms with Gasteiger partial charge in [0.25, 0.3) is 5.84 Å². The summed E-state index contributed by atoms with van der Waals surface area (Å²) in [6.45, 7) is 0. The Hall–Kier alpha value is -3.48. The monoisotopic (exact) mass is 482 g/mol. The van der Waals surface area contributed by atoms with Gasteiger partial charge in [-0.15, -0.1) is 0 Å². The van der Waals surface area contributed by atoms with Crippen molar-refractivity contribution in [1.82, 2.24) is 9.88 Å². The van der Waals surface area contributed by atoms with Gasteiger partial charge in [-0.05, 0) is 41.5 Å². The van der Waals surface area contributed by atoms with Crippen LogP contribution in [-0.4, -0.2) is 40.8 Å². The lowest BCUT2D eigenvalue weighted by Gasteiger charge is -2.15. The van der Waals surface area contributed by atoms with Crippen LogP contribution in [0.25, 0.3) is 33.3 Å². The van der Waals surface area contributed by atoms with Crippen molar-refractivity contribution in [3.63, 3.8) is 0 Å². The minimum Gasteiger partial charge on any atom is -1.00 e. The summed E-state index contributed by atoms with van der Waals surface area (Å²) in [6, 6.07) is 18.7. The molecular formula is C25H24Cl2N4O2. The quantitative estimate of drug-likeness (QED) is 0.236. The number of hydrogen-bond donors (Lipinski definition) is 4. The summed E-state index contributed by atoms with van der Waals surface area (Å²) in [5, 5.41) is 18.2. The minimum atomic E-state index is -0.0253. The van der Waals surface area contributed by atoms with E-state index in [-0.39, 0.29) is 36.3 Å². The van der Waals surface area contributed by atoms with Gasteiger partial charge in [0, 0.05) is 36.1 Å². The van der Waals surface area contributed by atoms with Crippen molar-refractivity contribution < 1.29 is 27.7 Å². The fourth-order valence-corrected chi connectivity index (χ4v) is 3.97. The van der Waals surface area contributed by atoms with E-state index in [1.54, 1.807) is 25.1 Å². The molecule has 0 aliphatic heterocycles. The highest BCUT2D eigenvalue weighted by atomic mass is 35.5. The van der Waals surface area contributed by atoms with Crippen LogP contribution in [0.2, 0.25) is 5.02 Å². The van der Waals surface area contributed by atoms with Gasteiger partial charge in [-0.3, -0.25) is 15.9 Å². The number of H-pyrrole nitrogens is 1. The van der Waals surface area contributed by atoms with Crippen molar-refractivity contribution in [2.75, 3.05) is 14.1 Å². The minimum absolute atomic E-state index is 0. The SMILES string of the molecule is CN(C)C(=O)Cc1cc(-c2ccccc2)c(O)c(-c2cc3cc(C(N)=[NH2+])c(Cl)cc3[nH]2)c1.[Cl-]. The molecule has 6 N–H and O–H groups in total. The number of nitrogens with zero attached hydrogens (tertiary/aromatic N) is 1. The van der Waals surface area contributed by atoms with Gasteiger partial charge in [-0.25, -0.2) is 0 Å². The first kappa shape index (κ1) is 24.2. The highest BCUT2D eigenvalue weighted by Gasteiger charge is 2.18. The maximum absolute atomic E-state index is 12.4. The molecule has 3 aromatic carbocycles. The number of amides is 1. The predicted molar refractivity (Wildman–Crippen MR) is 128 cm³/mol. The summed E-state index contributed by atoms with van der Waals surface area (Å²) < 4.78 is 0. The zero-order valence-electron chi connectivity index (χ0n) is 18.2. The number of phenolic OH excluding ortho intramolecular Hbond substituents is 1. The lowest BCUT2D eigenvalue weighted by atomic mass is 9.95. The number of rotatable bonds is 5. The van der Waals surface area contributed by atoms with E-state index < -0.39 is 0 Å². The van der Waals surface area contributed by atoms with Crippen LogP contribution < -0.4 is 23.5 Å². The van der Waals surface area contributed by atoms with Gasteiger partial charge in [0.1, 0.15) is 5.75 Å². The first-order chi connectivity index (χ1) is 15.2. The second-order valence-electron chi connectivity index (χ2n) is 7.93. The smallest absolute Gasteiger partial charge is 0.272 e. The summed E-state index contributed by atoms with van der Waals surface area (Å²) in [4.78, 5) is 17.2. The molecule has 0 unspecified atom stereocenters. The number of hydrogen-bond acceptors (Lipinski definition) is 2. The van der Waals surface area contributed by atoms with Crippen molar-refractivity contribution >= 4 is 34.2 Å². The third-order valence-electron chi connectivity index (χ3n) is 5.42. The van der Waals surface area contributed by atoms with E-state index in [9.17, 15) is 9.90 Å². The van der Waals surface area contributed by atoms with Crippen LogP contribution in [0.3, 0.4) is 0 Å². The third-order valence-corrected chi connectivity index (χ3v) is 5.73. The Morgan fingerprint density at radius 3 is 2.39 bits per heavy atom. The Labute approximate surface area is 202 Å². The molecule has 0 aliphatic carbocycles. The number of nitrogens with one attached hydrogen (secondary N) is 1. The number of aromatic amines is 1. The van der Waals surface area contributed by atoms with Crippen molar-refractivity contribution in [2.24, 2.45) is 5.73 Å². The molecular weight excluding hydrogens is 459 g/mol. The predicted octanol–water partition coefficient (Wildman–Crippen LogP) is -0.0400. The molecule has 0 saturated heterocycles. The number of halogens is 2. The number of phenols is 1. The van der Waals surface area contributed by atoms with E-state index in [0.717, 1.165) is 22.0 Å². The Bertz CT molecular complexity index is 1350. The van der Waals surface area contributed by atoms with Gasteiger partial charge in [-0.2, -0.15) is 0 Å². The highest BCUT2D eigenvalue weighted by Crippen LogP contribution is 2.40. The second-order valence-corrected chi connectivity index (χ2v) is 8.34. The molecule has 1 heterocycles. The Morgan fingerprint density at radius 2 is 1.76 bits per heavy atom.